The number of hydrogen-bond donors (Lipinski definition) is 1. The lowest BCUT2D eigenvalue weighted by Gasteiger charge is -2.41. The van der Waals surface area contributed by atoms with Gasteiger partial charge in [0.15, 0.2) is 11.2 Å². The number of Topliss-reactive ketones (excluding diaryl/α,β-unsaturated/α-hetero) is 1. The number of carbonyl (C=O) groups is 1. The molecule has 0 bridgehead atoms. The zero-order chi connectivity index (χ0) is 20.0. The molecular weight excluding hydrogens is 346 g/mol. The van der Waals surface area contributed by atoms with Gasteiger partial charge in [-0.05, 0) is 11.0 Å². The molecule has 0 aromatic heterocycles. The summed E-state index contributed by atoms with van der Waals surface area (Å²) in [5.74, 6) is -1.53. The molecule has 2 aliphatic rings. The van der Waals surface area contributed by atoms with Gasteiger partial charge in [0.05, 0.1) is 22.6 Å². The lowest BCUT2D eigenvalue weighted by Crippen LogP contribution is -2.39. The number of nitro benzene ring substituents is 1. The molecule has 0 amide bonds. The molecule has 0 unspecified atom stereocenters. The molecule has 27 heavy (non-hydrogen) atoms. The van der Waals surface area contributed by atoms with Crippen LogP contribution in [0.5, 0.6) is 0 Å². The van der Waals surface area contributed by atoms with Gasteiger partial charge in [0.1, 0.15) is 5.76 Å². The number of aliphatic hydroxyl groups is 1. The first-order valence-electron chi connectivity index (χ1n) is 8.41. The number of nitrogens with zero attached hydrogens (tertiary/aromatic N) is 3. The van der Waals surface area contributed by atoms with E-state index in [4.69, 9.17) is 0 Å². The molecule has 0 aliphatic heterocycles. The van der Waals surface area contributed by atoms with E-state index in [9.17, 15) is 30.5 Å². The first-order chi connectivity index (χ1) is 12.7. The first kappa shape index (κ1) is 18.3. The van der Waals surface area contributed by atoms with Crippen LogP contribution in [-0.2, 0) is 4.79 Å². The van der Waals surface area contributed by atoms with Crippen molar-refractivity contribution < 1.29 is 14.8 Å². The Balaban J connectivity index is 2.35. The van der Waals surface area contributed by atoms with Gasteiger partial charge >= 0.3 is 0 Å². The van der Waals surface area contributed by atoms with Crippen LogP contribution < -0.4 is 0 Å². The molecule has 1 N–H and O–H groups in total. The molecule has 1 aromatic carbocycles. The molecule has 0 heterocycles. The van der Waals surface area contributed by atoms with E-state index in [-0.39, 0.29) is 46.8 Å². The average molecular weight is 363 g/mol. The molecule has 0 spiro atoms. The molecule has 2 aliphatic carbocycles. The molecule has 7 heteroatoms. The Kier molecular flexibility index (Phi) is 4.12. The van der Waals surface area contributed by atoms with Gasteiger partial charge in [0, 0.05) is 30.4 Å². The maximum atomic E-state index is 12.6. The van der Waals surface area contributed by atoms with Crippen molar-refractivity contribution >= 4 is 11.5 Å². The van der Waals surface area contributed by atoms with Crippen LogP contribution in [-0.4, -0.2) is 15.8 Å². The number of nitro groups is 1. The Hall–Kier alpha value is -3.45. The number of benzene rings is 1. The van der Waals surface area contributed by atoms with E-state index in [0.29, 0.717) is 0 Å². The van der Waals surface area contributed by atoms with Gasteiger partial charge in [-0.2, -0.15) is 10.5 Å². The quantitative estimate of drug-likeness (QED) is 0.627. The van der Waals surface area contributed by atoms with Crippen LogP contribution in [0.25, 0.3) is 0 Å². The summed E-state index contributed by atoms with van der Waals surface area (Å²) < 4.78 is 0. The van der Waals surface area contributed by atoms with Gasteiger partial charge in [-0.3, -0.25) is 14.9 Å². The SMILES string of the molecule is CC1(C)C=C2C(=C(O)C[C@H](c3ccccc3[N+](=O)[O-])C2(C#N)C#N)C(=O)C1. The highest BCUT2D eigenvalue weighted by Gasteiger charge is 2.54. The summed E-state index contributed by atoms with van der Waals surface area (Å²) in [5, 5.41) is 42.0. The van der Waals surface area contributed by atoms with E-state index in [1.807, 2.05) is 12.1 Å². The average Bonchev–Trinajstić information content (AvgIpc) is 2.60. The zero-order valence-corrected chi connectivity index (χ0v) is 14.9. The van der Waals surface area contributed by atoms with Gasteiger partial charge in [-0.25, -0.2) is 0 Å². The summed E-state index contributed by atoms with van der Waals surface area (Å²) in [7, 11) is 0. The first-order valence-corrected chi connectivity index (χ1v) is 8.41. The van der Waals surface area contributed by atoms with Crippen molar-refractivity contribution in [1.82, 2.24) is 0 Å². The number of hydrogen-bond acceptors (Lipinski definition) is 6. The summed E-state index contributed by atoms with van der Waals surface area (Å²) >= 11 is 0. The van der Waals surface area contributed by atoms with E-state index in [0.717, 1.165) is 0 Å². The summed E-state index contributed by atoms with van der Waals surface area (Å²) in [6.07, 6.45) is 1.64. The Morgan fingerprint density at radius 3 is 2.48 bits per heavy atom. The van der Waals surface area contributed by atoms with Crippen molar-refractivity contribution in [3.8, 4) is 12.1 Å². The Morgan fingerprint density at radius 2 is 1.89 bits per heavy atom. The fourth-order valence-corrected chi connectivity index (χ4v) is 4.02. The van der Waals surface area contributed by atoms with Crippen LogP contribution >= 0.6 is 0 Å². The van der Waals surface area contributed by atoms with Crippen LogP contribution in [0.2, 0.25) is 0 Å². The third-order valence-corrected chi connectivity index (χ3v) is 5.19. The molecular formula is C20H17N3O4. The molecule has 1 atom stereocenters. The highest BCUT2D eigenvalue weighted by molar-refractivity contribution is 6.03. The number of nitriles is 2. The minimum atomic E-state index is -1.80. The van der Waals surface area contributed by atoms with Gasteiger partial charge in [-0.1, -0.05) is 38.1 Å². The highest BCUT2D eigenvalue weighted by Crippen LogP contribution is 2.56. The van der Waals surface area contributed by atoms with E-state index < -0.39 is 21.7 Å². The number of carbonyl (C=O) groups excluding carboxylic acids is 1. The van der Waals surface area contributed by atoms with Gasteiger partial charge in [0.25, 0.3) is 5.69 Å². The van der Waals surface area contributed by atoms with E-state index in [1.54, 1.807) is 26.0 Å². The summed E-state index contributed by atoms with van der Waals surface area (Å²) in [6.45, 7) is 3.61. The normalized spacial score (nSPS) is 22.9. The Morgan fingerprint density at radius 1 is 1.26 bits per heavy atom. The number of fused-ring (bicyclic) bond motifs is 1. The second-order valence-corrected chi connectivity index (χ2v) is 7.57. The fourth-order valence-electron chi connectivity index (χ4n) is 4.02. The maximum Gasteiger partial charge on any atom is 0.272 e. The monoisotopic (exact) mass is 363 g/mol. The van der Waals surface area contributed by atoms with Crippen molar-refractivity contribution in [2.45, 2.75) is 32.6 Å². The number of rotatable bonds is 2. The van der Waals surface area contributed by atoms with E-state index in [2.05, 4.69) is 0 Å². The van der Waals surface area contributed by atoms with Crippen molar-refractivity contribution in [2.24, 2.45) is 10.8 Å². The molecule has 3 rings (SSSR count). The smallest absolute Gasteiger partial charge is 0.272 e. The van der Waals surface area contributed by atoms with Crippen molar-refractivity contribution in [1.29, 1.82) is 10.5 Å². The van der Waals surface area contributed by atoms with Crippen LogP contribution in [0.3, 0.4) is 0 Å². The Bertz CT molecular complexity index is 991. The van der Waals surface area contributed by atoms with Crippen molar-refractivity contribution in [3.63, 3.8) is 0 Å². The molecule has 7 nitrogen and oxygen atoms in total. The minimum absolute atomic E-state index is 0.00672. The highest BCUT2D eigenvalue weighted by atomic mass is 16.6. The van der Waals surface area contributed by atoms with Crippen LogP contribution in [0.15, 0.2) is 47.2 Å². The van der Waals surface area contributed by atoms with E-state index >= 15 is 0 Å². The summed E-state index contributed by atoms with van der Waals surface area (Å²) in [6, 6.07) is 9.89. The lowest BCUT2D eigenvalue weighted by atomic mass is 9.58. The van der Waals surface area contributed by atoms with Crippen LogP contribution in [0.1, 0.15) is 38.2 Å². The fraction of sp³-hybridized carbons (Fsp3) is 0.350. The van der Waals surface area contributed by atoms with Gasteiger partial charge in [-0.15, -0.1) is 0 Å². The third-order valence-electron chi connectivity index (χ3n) is 5.19. The summed E-state index contributed by atoms with van der Waals surface area (Å²) in [4.78, 5) is 23.5. The maximum absolute atomic E-state index is 12.6. The number of para-hydroxylation sites is 1. The van der Waals surface area contributed by atoms with E-state index in [1.165, 1.54) is 18.2 Å². The zero-order valence-electron chi connectivity index (χ0n) is 14.9. The standard InChI is InChI=1S/C20H17N3O4/c1-19(2)8-14-18(17(25)9-19)16(24)7-13(20(14,10-21)11-22)12-5-3-4-6-15(12)23(26)27/h3-6,8,13,24H,7,9H2,1-2H3/t13-/m1/s1. The Labute approximate surface area is 156 Å². The third kappa shape index (κ3) is 2.69. The number of allylic oxidation sites excluding steroid dienone is 4. The van der Waals surface area contributed by atoms with Crippen molar-refractivity contribution in [2.75, 3.05) is 0 Å². The molecule has 0 saturated heterocycles. The van der Waals surface area contributed by atoms with Crippen LogP contribution in [0.4, 0.5) is 5.69 Å². The van der Waals surface area contributed by atoms with Gasteiger partial charge in [0.2, 0.25) is 0 Å². The second kappa shape index (κ2) is 6.07. The van der Waals surface area contributed by atoms with Gasteiger partial charge < -0.3 is 5.11 Å². The molecule has 136 valence electrons. The largest absolute Gasteiger partial charge is 0.512 e. The molecule has 0 radical (unpaired) electrons. The predicted molar refractivity (Wildman–Crippen MR) is 95.3 cm³/mol. The molecule has 0 saturated carbocycles. The molecule has 0 fully saturated rings. The minimum Gasteiger partial charge on any atom is -0.512 e. The summed E-state index contributed by atoms with van der Waals surface area (Å²) in [5.41, 5.74) is -2.28. The lowest BCUT2D eigenvalue weighted by molar-refractivity contribution is -0.385. The van der Waals surface area contributed by atoms with Crippen LogP contribution in [0, 0.1) is 43.6 Å². The predicted octanol–water partition coefficient (Wildman–Crippen LogP) is 3.85. The number of aliphatic hydroxyl groups excluding tert-OH is 1. The van der Waals surface area contributed by atoms with Crippen molar-refractivity contribution in [3.05, 3.63) is 62.9 Å². The molecule has 1 aromatic rings. The second-order valence-electron chi connectivity index (χ2n) is 7.57. The topological polar surface area (TPSA) is 128 Å². The number of ketones is 1.